The lowest BCUT2D eigenvalue weighted by Gasteiger charge is -2.11. The molecule has 37 heavy (non-hydrogen) atoms. The molecule has 0 bridgehead atoms. The molecule has 3 aromatic heterocycles. The van der Waals surface area contributed by atoms with Gasteiger partial charge in [-0.05, 0) is 42.9 Å². The van der Waals surface area contributed by atoms with Gasteiger partial charge in [0.25, 0.3) is 5.56 Å². The molecule has 0 aliphatic heterocycles. The molecular weight excluding hydrogens is 507 g/mol. The van der Waals surface area contributed by atoms with Crippen molar-refractivity contribution in [3.8, 4) is 22.6 Å². The average Bonchev–Trinajstić information content (AvgIpc) is 3.67. The number of halogens is 3. The Morgan fingerprint density at radius 1 is 1.03 bits per heavy atom. The van der Waals surface area contributed by atoms with Crippen LogP contribution in [0.3, 0.4) is 0 Å². The van der Waals surface area contributed by atoms with Gasteiger partial charge in [0.15, 0.2) is 27.0 Å². The number of pyridine rings is 1. The van der Waals surface area contributed by atoms with Crippen molar-refractivity contribution in [3.63, 3.8) is 0 Å². The second kappa shape index (κ2) is 8.79. The SMILES string of the molecule is CCn1c(=O)c(C(F)(F)F)nc2c1nc(-c1ncc(-c3ccc(C4CC4)cc3)cc1S(=O)(=O)CC)n2C. The lowest BCUT2D eigenvalue weighted by atomic mass is 10.0. The number of rotatable bonds is 6. The van der Waals surface area contributed by atoms with Crippen LogP contribution in [-0.2, 0) is 29.6 Å². The van der Waals surface area contributed by atoms with Crippen molar-refractivity contribution in [2.24, 2.45) is 7.05 Å². The Bertz CT molecular complexity index is 1690. The van der Waals surface area contributed by atoms with E-state index >= 15 is 0 Å². The van der Waals surface area contributed by atoms with Gasteiger partial charge in [0, 0.05) is 25.4 Å². The molecule has 194 valence electrons. The molecule has 1 fully saturated rings. The van der Waals surface area contributed by atoms with Gasteiger partial charge in [-0.1, -0.05) is 31.2 Å². The van der Waals surface area contributed by atoms with Gasteiger partial charge in [0.05, 0.1) is 10.6 Å². The minimum Gasteiger partial charge on any atom is -0.309 e. The largest absolute Gasteiger partial charge is 0.438 e. The molecule has 4 aromatic rings. The summed E-state index contributed by atoms with van der Waals surface area (Å²) in [5, 5.41) is 0. The summed E-state index contributed by atoms with van der Waals surface area (Å²) in [5.74, 6) is 0.354. The third-order valence-corrected chi connectivity index (χ3v) is 8.37. The fourth-order valence-electron chi connectivity index (χ4n) is 4.38. The van der Waals surface area contributed by atoms with Crippen LogP contribution in [0.5, 0.6) is 0 Å². The summed E-state index contributed by atoms with van der Waals surface area (Å²) in [6, 6.07) is 9.39. The smallest absolute Gasteiger partial charge is 0.309 e. The number of sulfone groups is 1. The number of aromatic nitrogens is 5. The molecule has 0 N–H and O–H groups in total. The van der Waals surface area contributed by atoms with Crippen LogP contribution in [0.15, 0.2) is 46.2 Å². The Kier molecular flexibility index (Phi) is 5.97. The van der Waals surface area contributed by atoms with Crippen LogP contribution in [0.1, 0.15) is 43.9 Å². The van der Waals surface area contributed by atoms with Gasteiger partial charge in [0.1, 0.15) is 5.69 Å². The van der Waals surface area contributed by atoms with E-state index in [9.17, 15) is 26.4 Å². The number of benzene rings is 1. The van der Waals surface area contributed by atoms with Crippen molar-refractivity contribution < 1.29 is 21.6 Å². The third kappa shape index (κ3) is 4.32. The Morgan fingerprint density at radius 3 is 2.27 bits per heavy atom. The minimum atomic E-state index is -4.96. The van der Waals surface area contributed by atoms with Crippen LogP contribution in [-0.4, -0.2) is 38.3 Å². The molecule has 5 rings (SSSR count). The summed E-state index contributed by atoms with van der Waals surface area (Å²) in [7, 11) is -2.40. The molecule has 0 amide bonds. The third-order valence-electron chi connectivity index (χ3n) is 6.63. The number of hydrogen-bond donors (Lipinski definition) is 0. The van der Waals surface area contributed by atoms with Crippen molar-refractivity contribution in [1.29, 1.82) is 0 Å². The fourth-order valence-corrected chi connectivity index (χ4v) is 5.43. The number of nitrogens with zero attached hydrogens (tertiary/aromatic N) is 5. The number of imidazole rings is 1. The maximum absolute atomic E-state index is 13.5. The Morgan fingerprint density at radius 2 is 1.70 bits per heavy atom. The Hall–Kier alpha value is -3.54. The predicted octanol–water partition coefficient (Wildman–Crippen LogP) is 4.57. The molecule has 1 aliphatic carbocycles. The number of aryl methyl sites for hydroxylation is 2. The first-order valence-electron chi connectivity index (χ1n) is 11.8. The molecule has 8 nitrogen and oxygen atoms in total. The van der Waals surface area contributed by atoms with E-state index < -0.39 is 27.3 Å². The summed E-state index contributed by atoms with van der Waals surface area (Å²) in [6.45, 7) is 2.93. The van der Waals surface area contributed by atoms with Crippen LogP contribution < -0.4 is 5.56 Å². The van der Waals surface area contributed by atoms with Gasteiger partial charge >= 0.3 is 6.18 Å². The molecular formula is C25H24F3N5O3S. The zero-order chi connectivity index (χ0) is 26.7. The van der Waals surface area contributed by atoms with E-state index in [0.717, 1.165) is 23.0 Å². The average molecular weight is 532 g/mol. The van der Waals surface area contributed by atoms with Gasteiger partial charge in [-0.2, -0.15) is 13.2 Å². The zero-order valence-corrected chi connectivity index (χ0v) is 21.2. The second-order valence-corrected chi connectivity index (χ2v) is 11.3. The maximum Gasteiger partial charge on any atom is 0.438 e. The van der Waals surface area contributed by atoms with Crippen molar-refractivity contribution >= 4 is 21.1 Å². The van der Waals surface area contributed by atoms with E-state index in [1.54, 1.807) is 0 Å². The van der Waals surface area contributed by atoms with E-state index in [1.165, 1.54) is 43.3 Å². The molecule has 0 saturated heterocycles. The molecule has 1 saturated carbocycles. The van der Waals surface area contributed by atoms with Crippen molar-refractivity contribution in [1.82, 2.24) is 24.1 Å². The predicted molar refractivity (Wildman–Crippen MR) is 132 cm³/mol. The molecule has 1 aromatic carbocycles. The summed E-state index contributed by atoms with van der Waals surface area (Å²) in [4.78, 5) is 24.7. The monoisotopic (exact) mass is 531 g/mol. The van der Waals surface area contributed by atoms with E-state index in [4.69, 9.17) is 0 Å². The van der Waals surface area contributed by atoms with Crippen LogP contribution in [0.2, 0.25) is 0 Å². The molecule has 3 heterocycles. The van der Waals surface area contributed by atoms with Crippen LogP contribution in [0.25, 0.3) is 33.9 Å². The van der Waals surface area contributed by atoms with Crippen molar-refractivity contribution in [2.45, 2.75) is 50.2 Å². The van der Waals surface area contributed by atoms with Gasteiger partial charge in [0.2, 0.25) is 5.69 Å². The van der Waals surface area contributed by atoms with Crippen LogP contribution >= 0.6 is 0 Å². The van der Waals surface area contributed by atoms with Crippen molar-refractivity contribution in [3.05, 3.63) is 58.1 Å². The van der Waals surface area contributed by atoms with Crippen LogP contribution in [0, 0.1) is 0 Å². The number of alkyl halides is 3. The van der Waals surface area contributed by atoms with Crippen LogP contribution in [0.4, 0.5) is 13.2 Å². The van der Waals surface area contributed by atoms with Crippen molar-refractivity contribution in [2.75, 3.05) is 5.75 Å². The first-order valence-corrected chi connectivity index (χ1v) is 13.5. The summed E-state index contributed by atoms with van der Waals surface area (Å²) >= 11 is 0. The van der Waals surface area contributed by atoms with Gasteiger partial charge in [-0.25, -0.2) is 18.4 Å². The maximum atomic E-state index is 13.5. The van der Waals surface area contributed by atoms with E-state index in [1.807, 2.05) is 24.3 Å². The highest BCUT2D eigenvalue weighted by atomic mass is 32.2. The molecule has 1 aliphatic rings. The molecule has 0 spiro atoms. The quantitative estimate of drug-likeness (QED) is 0.362. The lowest BCUT2D eigenvalue weighted by Crippen LogP contribution is -2.30. The molecule has 12 heteroatoms. The number of fused-ring (bicyclic) bond motifs is 1. The highest BCUT2D eigenvalue weighted by Crippen LogP contribution is 2.40. The zero-order valence-electron chi connectivity index (χ0n) is 20.4. The van der Waals surface area contributed by atoms with E-state index in [0.29, 0.717) is 11.5 Å². The normalized spacial score (nSPS) is 14.4. The second-order valence-electron chi connectivity index (χ2n) is 9.02. The topological polar surface area (TPSA) is 99.7 Å². The fraction of sp³-hybridized carbons (Fsp3) is 0.360. The first kappa shape index (κ1) is 25.1. The number of hydrogen-bond acceptors (Lipinski definition) is 6. The van der Waals surface area contributed by atoms with E-state index in [-0.39, 0.29) is 40.0 Å². The Labute approximate surface area is 210 Å². The molecule has 0 radical (unpaired) electrons. The van der Waals surface area contributed by atoms with Gasteiger partial charge in [-0.3, -0.25) is 14.3 Å². The minimum absolute atomic E-state index is 0.00826. The van der Waals surface area contributed by atoms with E-state index in [2.05, 4.69) is 15.0 Å². The van der Waals surface area contributed by atoms with Gasteiger partial charge < -0.3 is 4.57 Å². The Balaban J connectivity index is 1.72. The van der Waals surface area contributed by atoms with Gasteiger partial charge in [-0.15, -0.1) is 0 Å². The summed E-state index contributed by atoms with van der Waals surface area (Å²) in [5.41, 5.74) is -0.574. The molecule has 0 atom stereocenters. The standard InChI is InChI=1S/C25H24F3N5O3S/c1-4-33-23-22(30-20(24(33)34)25(26,27)28)32(3)21(31-23)19-18(37(35,36)5-2)12-17(13-29-19)16-10-8-15(9-11-16)14-6-7-14/h8-14H,4-7H2,1-3H3. The highest BCUT2D eigenvalue weighted by molar-refractivity contribution is 7.91. The summed E-state index contributed by atoms with van der Waals surface area (Å²) in [6.07, 6.45) is -1.12. The molecule has 0 unspecified atom stereocenters. The summed E-state index contributed by atoms with van der Waals surface area (Å²) < 4.78 is 68.9. The highest BCUT2D eigenvalue weighted by Gasteiger charge is 2.38. The lowest BCUT2D eigenvalue weighted by molar-refractivity contribution is -0.142. The first-order chi connectivity index (χ1) is 17.5.